The summed E-state index contributed by atoms with van der Waals surface area (Å²) in [5.74, 6) is -6.64. The molecule has 0 saturated carbocycles. The molecule has 5 N–H and O–H groups in total. The number of rotatable bonds is 8. The maximum absolute atomic E-state index is 14.1. The number of carbonyl (C=O) groups is 2. The van der Waals surface area contributed by atoms with Gasteiger partial charge in [0, 0.05) is 38.0 Å². The smallest absolute Gasteiger partial charge is 0.311 e. The van der Waals surface area contributed by atoms with Crippen molar-refractivity contribution in [1.82, 2.24) is 4.90 Å². The lowest BCUT2D eigenvalue weighted by Crippen LogP contribution is -2.62. The van der Waals surface area contributed by atoms with Crippen LogP contribution in [0.3, 0.4) is 0 Å². The number of Topliss-reactive ketones (excluding diaryl/α,β-unsaturated/α-hetero) is 1. The third-order valence-electron chi connectivity index (χ3n) is 11.8. The van der Waals surface area contributed by atoms with Crippen LogP contribution in [0.4, 0.5) is 0 Å². The molecule has 0 radical (unpaired) electrons. The molecule has 0 aromatic rings. The molecule has 0 aliphatic carbocycles. The zero-order chi connectivity index (χ0) is 39.7. The molecule has 52 heavy (non-hydrogen) atoms. The first-order valence-electron chi connectivity index (χ1n) is 18.6. The second-order valence-electron chi connectivity index (χ2n) is 16.2. The molecule has 0 amide bonds. The molecule has 3 aliphatic rings. The van der Waals surface area contributed by atoms with Gasteiger partial charge in [0.25, 0.3) is 0 Å². The van der Waals surface area contributed by atoms with Crippen LogP contribution in [0.1, 0.15) is 88.0 Å². The fourth-order valence-electron chi connectivity index (χ4n) is 8.46. The van der Waals surface area contributed by atoms with Gasteiger partial charge in [-0.3, -0.25) is 9.59 Å². The minimum absolute atomic E-state index is 0.104. The van der Waals surface area contributed by atoms with Crippen LogP contribution in [0.25, 0.3) is 0 Å². The van der Waals surface area contributed by atoms with Crippen molar-refractivity contribution in [2.24, 2.45) is 23.7 Å². The van der Waals surface area contributed by atoms with Crippen molar-refractivity contribution in [3.8, 4) is 0 Å². The number of likely N-dealkylation sites (N-methyl/N-ethyl adjacent to an activating group) is 1. The predicted octanol–water partition coefficient (Wildman–Crippen LogP) is 1.37. The summed E-state index contributed by atoms with van der Waals surface area (Å²) in [5.41, 5.74) is -3.83. The molecule has 3 fully saturated rings. The number of cyclic esters (lactones) is 1. The molecule has 3 rings (SSSR count). The van der Waals surface area contributed by atoms with Gasteiger partial charge in [-0.25, -0.2) is 0 Å². The summed E-state index contributed by atoms with van der Waals surface area (Å²) < 4.78 is 42.6. The molecule has 1 unspecified atom stereocenters. The van der Waals surface area contributed by atoms with E-state index in [9.17, 15) is 35.1 Å². The Morgan fingerprint density at radius 2 is 1.46 bits per heavy atom. The van der Waals surface area contributed by atoms with Crippen molar-refractivity contribution in [3.63, 3.8) is 0 Å². The number of ether oxygens (including phenoxy) is 7. The first-order chi connectivity index (χ1) is 24.0. The van der Waals surface area contributed by atoms with Crippen molar-refractivity contribution in [2.45, 2.75) is 172 Å². The fraction of sp³-hybridized carbons (Fsp3) is 0.946. The van der Waals surface area contributed by atoms with Gasteiger partial charge < -0.3 is 63.6 Å². The quantitative estimate of drug-likeness (QED) is 0.176. The van der Waals surface area contributed by atoms with Gasteiger partial charge in [0.05, 0.1) is 48.5 Å². The van der Waals surface area contributed by atoms with Crippen LogP contribution in [0.15, 0.2) is 0 Å². The summed E-state index contributed by atoms with van der Waals surface area (Å²) in [7, 11) is 6.46. The highest BCUT2D eigenvalue weighted by molar-refractivity contribution is 5.83. The average molecular weight is 750 g/mol. The van der Waals surface area contributed by atoms with Crippen LogP contribution in [-0.4, -0.2) is 155 Å². The lowest BCUT2D eigenvalue weighted by atomic mass is 9.74. The second kappa shape index (κ2) is 17.6. The Morgan fingerprint density at radius 3 is 2.00 bits per heavy atom. The molecule has 0 aromatic heterocycles. The summed E-state index contributed by atoms with van der Waals surface area (Å²) in [6.07, 6.45) is -10.6. The van der Waals surface area contributed by atoms with Gasteiger partial charge in [-0.15, -0.1) is 0 Å². The van der Waals surface area contributed by atoms with E-state index in [4.69, 9.17) is 33.2 Å². The van der Waals surface area contributed by atoms with E-state index in [0.717, 1.165) is 0 Å². The second-order valence-corrected chi connectivity index (χ2v) is 16.2. The third kappa shape index (κ3) is 9.36. The first-order valence-corrected chi connectivity index (χ1v) is 18.6. The average Bonchev–Trinajstić information content (AvgIpc) is 3.08. The highest BCUT2D eigenvalue weighted by Crippen LogP contribution is 2.41. The Balaban J connectivity index is 2.20. The number of esters is 1. The molecule has 15 heteroatoms. The standard InChI is InChI=1S/C37H67NO14/c1-14-25-36(9,45)30(41)20(4)27(39)18(2)16-35(8,44)32(52-34-28(40)24(38(10)11)15-19(3)48-34)21(5)29(22(6)33(43)50-25)51-26-17-37(46-12,47-13)31(42)23(7)49-26/h18-26,28-32,34,40-42,44-45H,14-17H2,1-13H3/t18-,19-,20+,21+,22-,23+,24+,25-,26+,28-,29?,30-,31+,32-,34+,35-,36-/m1/s1. The molecule has 17 atom stereocenters. The number of aliphatic hydroxyl groups is 5. The van der Waals surface area contributed by atoms with Crippen molar-refractivity contribution >= 4 is 11.8 Å². The van der Waals surface area contributed by atoms with E-state index < -0.39 is 108 Å². The highest BCUT2D eigenvalue weighted by Gasteiger charge is 2.54. The van der Waals surface area contributed by atoms with Gasteiger partial charge >= 0.3 is 5.97 Å². The van der Waals surface area contributed by atoms with Crippen LogP contribution in [0, 0.1) is 23.7 Å². The van der Waals surface area contributed by atoms with E-state index in [0.29, 0.717) is 6.42 Å². The summed E-state index contributed by atoms with van der Waals surface area (Å²) in [6, 6.07) is -0.338. The van der Waals surface area contributed by atoms with Gasteiger partial charge in [0.2, 0.25) is 5.79 Å². The zero-order valence-corrected chi connectivity index (χ0v) is 33.3. The Labute approximate surface area is 309 Å². The third-order valence-corrected chi connectivity index (χ3v) is 11.8. The molecule has 0 spiro atoms. The number of ketones is 1. The predicted molar refractivity (Wildman–Crippen MR) is 188 cm³/mol. The van der Waals surface area contributed by atoms with Crippen molar-refractivity contribution in [2.75, 3.05) is 28.3 Å². The minimum Gasteiger partial charge on any atom is -0.459 e. The largest absolute Gasteiger partial charge is 0.459 e. The summed E-state index contributed by atoms with van der Waals surface area (Å²) in [5, 5.41) is 57.7. The SMILES string of the molecule is CC[C@H]1OC(=O)[C@H](C)C(O[C@H]2CC(OC)(OC)[C@@H](O)[C@H](C)O2)[C@H](C)[C@@H](O[C@@H]2O[C@H](C)C[C@H](N(C)C)[C@H]2O)[C@](C)(O)C[C@@H](C)C(=O)[C@H](C)[C@@H](O)[C@]1(C)O. The van der Waals surface area contributed by atoms with Gasteiger partial charge in [-0.2, -0.15) is 0 Å². The van der Waals surface area contributed by atoms with E-state index in [1.54, 1.807) is 34.6 Å². The fourth-order valence-corrected chi connectivity index (χ4v) is 8.46. The minimum atomic E-state index is -2.01. The van der Waals surface area contributed by atoms with Crippen molar-refractivity contribution in [1.29, 1.82) is 0 Å². The van der Waals surface area contributed by atoms with Crippen LogP contribution >= 0.6 is 0 Å². The van der Waals surface area contributed by atoms with E-state index in [1.807, 2.05) is 25.9 Å². The normalized spacial score (nSPS) is 47.2. The monoisotopic (exact) mass is 749 g/mol. The Bertz CT molecular complexity index is 1180. The van der Waals surface area contributed by atoms with Crippen LogP contribution in [0.5, 0.6) is 0 Å². The van der Waals surface area contributed by atoms with Gasteiger partial charge in [-0.1, -0.05) is 27.7 Å². The molecule has 3 heterocycles. The summed E-state index contributed by atoms with van der Waals surface area (Å²) in [6.45, 7) is 14.4. The summed E-state index contributed by atoms with van der Waals surface area (Å²) in [4.78, 5) is 29.8. The summed E-state index contributed by atoms with van der Waals surface area (Å²) >= 11 is 0. The molecular formula is C37H67NO14. The number of aliphatic hydroxyl groups excluding tert-OH is 3. The zero-order valence-electron chi connectivity index (χ0n) is 33.3. The van der Waals surface area contributed by atoms with Crippen molar-refractivity contribution in [3.05, 3.63) is 0 Å². The van der Waals surface area contributed by atoms with Gasteiger partial charge in [0.15, 0.2) is 12.6 Å². The molecule has 3 saturated heterocycles. The van der Waals surface area contributed by atoms with E-state index in [1.165, 1.54) is 35.0 Å². The Morgan fingerprint density at radius 1 is 0.865 bits per heavy atom. The maximum Gasteiger partial charge on any atom is 0.311 e. The number of nitrogens with zero attached hydrogens (tertiary/aromatic N) is 1. The number of carbonyl (C=O) groups excluding carboxylic acids is 2. The first kappa shape index (κ1) is 45.1. The topological polar surface area (TPSA) is 203 Å². The lowest BCUT2D eigenvalue weighted by molar-refractivity contribution is -0.363. The number of hydrogen-bond acceptors (Lipinski definition) is 15. The lowest BCUT2D eigenvalue weighted by Gasteiger charge is -2.49. The Hall–Kier alpha value is -1.34. The Kier molecular flexibility index (Phi) is 15.3. The number of methoxy groups -OCH3 is 2. The molecular weight excluding hydrogens is 682 g/mol. The molecule has 0 aromatic carbocycles. The molecule has 15 nitrogen and oxygen atoms in total. The van der Waals surface area contributed by atoms with E-state index in [2.05, 4.69) is 0 Å². The molecule has 304 valence electrons. The van der Waals surface area contributed by atoms with Crippen molar-refractivity contribution < 1.29 is 68.3 Å². The van der Waals surface area contributed by atoms with Gasteiger partial charge in [0.1, 0.15) is 29.7 Å². The van der Waals surface area contributed by atoms with Crippen LogP contribution in [-0.2, 0) is 42.7 Å². The van der Waals surface area contributed by atoms with E-state index in [-0.39, 0.29) is 31.4 Å². The maximum atomic E-state index is 14.1. The van der Waals surface area contributed by atoms with Gasteiger partial charge in [-0.05, 0) is 68.0 Å². The molecule has 3 aliphatic heterocycles. The highest BCUT2D eigenvalue weighted by atomic mass is 16.7. The number of hydrogen-bond donors (Lipinski definition) is 5. The van der Waals surface area contributed by atoms with E-state index >= 15 is 0 Å². The molecule has 0 bridgehead atoms. The van der Waals surface area contributed by atoms with Crippen LogP contribution in [0.2, 0.25) is 0 Å². The van der Waals surface area contributed by atoms with Crippen LogP contribution < -0.4 is 0 Å².